The quantitative estimate of drug-likeness (QED) is 0.526. The van der Waals surface area contributed by atoms with Gasteiger partial charge >= 0.3 is 0 Å². The van der Waals surface area contributed by atoms with Gasteiger partial charge in [0.1, 0.15) is 6.34 Å². The molecule has 0 aromatic rings. The molecule has 1 heterocycles. The highest BCUT2D eigenvalue weighted by Crippen LogP contribution is 2.21. The second-order valence-corrected chi connectivity index (χ2v) is 6.00. The molecule has 100 valence electrons. The average molecular weight is 243 g/mol. The lowest BCUT2D eigenvalue weighted by Crippen LogP contribution is -2.40. The van der Waals surface area contributed by atoms with E-state index < -0.39 is 6.42 Å². The minimum Gasteiger partial charge on any atom is -0.313 e. The summed E-state index contributed by atoms with van der Waals surface area (Å²) < 4.78 is 14.0. The Bertz CT molecular complexity index is 248. The van der Waals surface area contributed by atoms with Crippen molar-refractivity contribution in [3.63, 3.8) is 0 Å². The van der Waals surface area contributed by atoms with Crippen LogP contribution < -0.4 is 0 Å². The number of hydrazone groups is 1. The number of unbranched alkanes of at least 4 members (excludes halogenated alkanes) is 3. The first-order valence-electron chi connectivity index (χ1n) is 6.64. The van der Waals surface area contributed by atoms with Gasteiger partial charge < -0.3 is 4.90 Å². The molecule has 0 saturated carbocycles. The Labute approximate surface area is 105 Å². The van der Waals surface area contributed by atoms with Gasteiger partial charge in [0.2, 0.25) is 0 Å². The molecule has 0 N–H and O–H groups in total. The summed E-state index contributed by atoms with van der Waals surface area (Å²) in [6.07, 6.45) is 5.17. The average Bonchev–Trinajstić information content (AvgIpc) is 2.54. The minimum absolute atomic E-state index is 0.0918. The van der Waals surface area contributed by atoms with E-state index in [4.69, 9.17) is 0 Å². The lowest BCUT2D eigenvalue weighted by molar-refractivity contribution is 0.00190. The molecule has 3 nitrogen and oxygen atoms in total. The predicted octanol–water partition coefficient (Wildman–Crippen LogP) is 3.43. The largest absolute Gasteiger partial charge is 0.313 e. The van der Waals surface area contributed by atoms with Gasteiger partial charge in [0.05, 0.1) is 0 Å². The summed E-state index contributed by atoms with van der Waals surface area (Å²) in [5.41, 5.74) is 0.0918. The standard InChI is InChI=1S/C13H26FN3/c1-5-6-7-8-9-17-12(14)16(11-15-17)10-13(2,3)4/h11-12H,5-10H2,1-4H3. The Morgan fingerprint density at radius 2 is 1.94 bits per heavy atom. The third-order valence-corrected chi connectivity index (χ3v) is 2.77. The van der Waals surface area contributed by atoms with Crippen LogP contribution in [0.25, 0.3) is 0 Å². The zero-order valence-electron chi connectivity index (χ0n) is 11.6. The van der Waals surface area contributed by atoms with Crippen molar-refractivity contribution in [1.29, 1.82) is 0 Å². The van der Waals surface area contributed by atoms with Gasteiger partial charge in [-0.1, -0.05) is 47.0 Å². The van der Waals surface area contributed by atoms with E-state index in [9.17, 15) is 4.39 Å². The maximum absolute atomic E-state index is 14.0. The third kappa shape index (κ3) is 4.92. The molecular weight excluding hydrogens is 217 g/mol. The van der Waals surface area contributed by atoms with Crippen molar-refractivity contribution in [2.75, 3.05) is 13.1 Å². The number of halogens is 1. The fourth-order valence-electron chi connectivity index (χ4n) is 1.94. The van der Waals surface area contributed by atoms with Gasteiger partial charge in [-0.05, 0) is 11.8 Å². The Hall–Kier alpha value is -0.800. The van der Waals surface area contributed by atoms with Crippen molar-refractivity contribution in [1.82, 2.24) is 9.91 Å². The van der Waals surface area contributed by atoms with Gasteiger partial charge in [-0.3, -0.25) is 0 Å². The molecular formula is C13H26FN3. The maximum Gasteiger partial charge on any atom is 0.265 e. The van der Waals surface area contributed by atoms with Gasteiger partial charge in [0, 0.05) is 13.1 Å². The second kappa shape index (κ2) is 6.22. The summed E-state index contributed by atoms with van der Waals surface area (Å²) >= 11 is 0. The fraction of sp³-hybridized carbons (Fsp3) is 0.923. The molecule has 0 aromatic carbocycles. The lowest BCUT2D eigenvalue weighted by atomic mass is 9.96. The Balaban J connectivity index is 2.30. The van der Waals surface area contributed by atoms with Crippen molar-refractivity contribution >= 4 is 6.34 Å². The lowest BCUT2D eigenvalue weighted by Gasteiger charge is -2.29. The molecule has 1 aliphatic heterocycles. The van der Waals surface area contributed by atoms with E-state index in [1.807, 2.05) is 0 Å². The molecule has 4 heteroatoms. The summed E-state index contributed by atoms with van der Waals surface area (Å²) in [6.45, 7) is 9.92. The van der Waals surface area contributed by atoms with Crippen molar-refractivity contribution < 1.29 is 4.39 Å². The summed E-state index contributed by atoms with van der Waals surface area (Å²) in [7, 11) is 0. The summed E-state index contributed by atoms with van der Waals surface area (Å²) in [6, 6.07) is 0. The first-order chi connectivity index (χ1) is 7.94. The molecule has 17 heavy (non-hydrogen) atoms. The van der Waals surface area contributed by atoms with Crippen LogP contribution in [0.3, 0.4) is 0 Å². The van der Waals surface area contributed by atoms with Gasteiger partial charge in [0.25, 0.3) is 6.42 Å². The molecule has 0 aromatic heterocycles. The van der Waals surface area contributed by atoms with Crippen molar-refractivity contribution in [2.45, 2.75) is 59.8 Å². The zero-order valence-corrected chi connectivity index (χ0v) is 11.6. The first-order valence-corrected chi connectivity index (χ1v) is 6.64. The van der Waals surface area contributed by atoms with Gasteiger partial charge in [-0.2, -0.15) is 9.49 Å². The third-order valence-electron chi connectivity index (χ3n) is 2.77. The summed E-state index contributed by atoms with van der Waals surface area (Å²) in [5, 5.41) is 5.70. The van der Waals surface area contributed by atoms with E-state index >= 15 is 0 Å². The molecule has 0 radical (unpaired) electrons. The second-order valence-electron chi connectivity index (χ2n) is 6.00. The molecule has 0 fully saturated rings. The molecule has 0 saturated heterocycles. The summed E-state index contributed by atoms with van der Waals surface area (Å²) in [5.74, 6) is 0. The van der Waals surface area contributed by atoms with E-state index in [2.05, 4.69) is 32.8 Å². The number of alkyl halides is 1. The van der Waals surface area contributed by atoms with Crippen LogP contribution in [-0.2, 0) is 0 Å². The van der Waals surface area contributed by atoms with Crippen LogP contribution in [0, 0.1) is 5.41 Å². The SMILES string of the molecule is CCCCCCN1N=CN(CC(C)(C)C)C1F. The molecule has 1 rings (SSSR count). The predicted molar refractivity (Wildman–Crippen MR) is 70.4 cm³/mol. The molecule has 0 amide bonds. The monoisotopic (exact) mass is 243 g/mol. The van der Waals surface area contributed by atoms with Crippen molar-refractivity contribution in [3.05, 3.63) is 0 Å². The Kier molecular flexibility index (Phi) is 5.22. The number of hydrogen-bond donors (Lipinski definition) is 0. The van der Waals surface area contributed by atoms with Crippen LogP contribution in [0.1, 0.15) is 53.4 Å². The zero-order chi connectivity index (χ0) is 12.9. The van der Waals surface area contributed by atoms with E-state index in [1.54, 1.807) is 16.2 Å². The molecule has 1 unspecified atom stereocenters. The van der Waals surface area contributed by atoms with Gasteiger partial charge in [-0.15, -0.1) is 0 Å². The summed E-state index contributed by atoms with van der Waals surface area (Å²) in [4.78, 5) is 1.68. The molecule has 1 aliphatic rings. The van der Waals surface area contributed by atoms with Crippen LogP contribution in [0.15, 0.2) is 5.10 Å². The maximum atomic E-state index is 14.0. The smallest absolute Gasteiger partial charge is 0.265 e. The molecule has 0 aliphatic carbocycles. The van der Waals surface area contributed by atoms with Crippen LogP contribution in [0.2, 0.25) is 0 Å². The number of rotatable bonds is 6. The topological polar surface area (TPSA) is 18.8 Å². The van der Waals surface area contributed by atoms with Crippen LogP contribution in [-0.4, -0.2) is 35.8 Å². The fourth-order valence-corrected chi connectivity index (χ4v) is 1.94. The van der Waals surface area contributed by atoms with Gasteiger partial charge in [-0.25, -0.2) is 5.01 Å². The minimum atomic E-state index is -1.07. The molecule has 0 spiro atoms. The highest BCUT2D eigenvalue weighted by Gasteiger charge is 2.29. The Morgan fingerprint density at radius 1 is 1.24 bits per heavy atom. The van der Waals surface area contributed by atoms with E-state index in [1.165, 1.54) is 12.8 Å². The van der Waals surface area contributed by atoms with E-state index in [0.29, 0.717) is 6.54 Å². The van der Waals surface area contributed by atoms with Crippen molar-refractivity contribution in [2.24, 2.45) is 10.5 Å². The van der Waals surface area contributed by atoms with Crippen LogP contribution in [0.4, 0.5) is 4.39 Å². The Morgan fingerprint density at radius 3 is 2.53 bits per heavy atom. The first kappa shape index (κ1) is 14.3. The molecule has 0 bridgehead atoms. The van der Waals surface area contributed by atoms with Crippen molar-refractivity contribution in [3.8, 4) is 0 Å². The normalized spacial score (nSPS) is 20.4. The van der Waals surface area contributed by atoms with Crippen LogP contribution in [0.5, 0.6) is 0 Å². The van der Waals surface area contributed by atoms with E-state index in [0.717, 1.165) is 19.4 Å². The number of nitrogens with zero attached hydrogens (tertiary/aromatic N) is 3. The number of hydrogen-bond acceptors (Lipinski definition) is 3. The highest BCUT2D eigenvalue weighted by atomic mass is 19.1. The van der Waals surface area contributed by atoms with E-state index in [-0.39, 0.29) is 5.41 Å². The van der Waals surface area contributed by atoms with Gasteiger partial charge in [0.15, 0.2) is 0 Å². The molecule has 1 atom stereocenters. The van der Waals surface area contributed by atoms with Crippen LogP contribution >= 0.6 is 0 Å². The highest BCUT2D eigenvalue weighted by molar-refractivity contribution is 5.56.